The standard InChI is InChI=1S/C19H16ClN3O3/c1-23(2)13-6-3-11(4-7-13)9-15(20)17-21-16-10-12(19(25)26)5-8-14(16)18(24)22-17/h3-10H,1-2H3,(H,25,26)(H,21,22,24)/b15-9-. The minimum absolute atomic E-state index is 0.0564. The van der Waals surface area contributed by atoms with E-state index in [9.17, 15) is 9.59 Å². The van der Waals surface area contributed by atoms with Crippen LogP contribution in [0.1, 0.15) is 21.7 Å². The zero-order valence-corrected chi connectivity index (χ0v) is 14.9. The number of carboxylic acid groups (broad SMARTS) is 1. The molecule has 26 heavy (non-hydrogen) atoms. The minimum Gasteiger partial charge on any atom is -0.478 e. The number of hydrogen-bond acceptors (Lipinski definition) is 4. The van der Waals surface area contributed by atoms with E-state index in [2.05, 4.69) is 9.97 Å². The molecule has 2 N–H and O–H groups in total. The zero-order valence-electron chi connectivity index (χ0n) is 14.2. The molecule has 1 heterocycles. The first-order chi connectivity index (χ1) is 12.3. The summed E-state index contributed by atoms with van der Waals surface area (Å²) in [6.07, 6.45) is 1.69. The highest BCUT2D eigenvalue weighted by molar-refractivity contribution is 6.50. The van der Waals surface area contributed by atoms with E-state index >= 15 is 0 Å². The van der Waals surface area contributed by atoms with Crippen molar-refractivity contribution in [1.82, 2.24) is 9.97 Å². The van der Waals surface area contributed by atoms with Crippen LogP contribution in [0.15, 0.2) is 47.3 Å². The average Bonchev–Trinajstić information content (AvgIpc) is 2.61. The molecule has 132 valence electrons. The van der Waals surface area contributed by atoms with Crippen molar-refractivity contribution in [3.63, 3.8) is 0 Å². The molecule has 0 aliphatic heterocycles. The van der Waals surface area contributed by atoms with Crippen LogP contribution < -0.4 is 10.5 Å². The number of hydrogen-bond donors (Lipinski definition) is 2. The normalized spacial score (nSPS) is 11.6. The van der Waals surface area contributed by atoms with E-state index in [0.29, 0.717) is 5.39 Å². The van der Waals surface area contributed by atoms with Crippen LogP contribution in [0, 0.1) is 0 Å². The van der Waals surface area contributed by atoms with Crippen molar-refractivity contribution in [3.05, 3.63) is 69.8 Å². The van der Waals surface area contributed by atoms with E-state index in [4.69, 9.17) is 16.7 Å². The minimum atomic E-state index is -1.09. The third-order valence-electron chi connectivity index (χ3n) is 3.88. The Bertz CT molecular complexity index is 1070. The van der Waals surface area contributed by atoms with Crippen molar-refractivity contribution in [3.8, 4) is 0 Å². The van der Waals surface area contributed by atoms with E-state index in [0.717, 1.165) is 11.3 Å². The second-order valence-electron chi connectivity index (χ2n) is 5.93. The Hall–Kier alpha value is -3.12. The number of fused-ring (bicyclic) bond motifs is 1. The van der Waals surface area contributed by atoms with E-state index in [1.54, 1.807) is 6.08 Å². The molecule has 0 saturated heterocycles. The first-order valence-corrected chi connectivity index (χ1v) is 8.15. The van der Waals surface area contributed by atoms with Gasteiger partial charge in [-0.25, -0.2) is 9.78 Å². The maximum Gasteiger partial charge on any atom is 0.335 e. The molecule has 0 aliphatic rings. The Labute approximate surface area is 154 Å². The number of anilines is 1. The number of carbonyl (C=O) groups is 1. The first kappa shape index (κ1) is 17.7. The molecule has 0 fully saturated rings. The molecule has 0 bridgehead atoms. The van der Waals surface area contributed by atoms with Gasteiger partial charge < -0.3 is 15.0 Å². The van der Waals surface area contributed by atoms with Gasteiger partial charge in [0.15, 0.2) is 5.82 Å². The topological polar surface area (TPSA) is 86.3 Å². The number of benzene rings is 2. The Morgan fingerprint density at radius 3 is 2.50 bits per heavy atom. The molecule has 6 nitrogen and oxygen atoms in total. The lowest BCUT2D eigenvalue weighted by atomic mass is 10.1. The molecule has 0 saturated carbocycles. The highest BCUT2D eigenvalue weighted by Crippen LogP contribution is 2.22. The monoisotopic (exact) mass is 369 g/mol. The lowest BCUT2D eigenvalue weighted by Gasteiger charge is -2.11. The first-order valence-electron chi connectivity index (χ1n) is 7.77. The molecule has 0 amide bonds. The molecule has 0 radical (unpaired) electrons. The van der Waals surface area contributed by atoms with Gasteiger partial charge in [-0.2, -0.15) is 0 Å². The Kier molecular flexibility index (Phi) is 4.77. The number of rotatable bonds is 4. The second-order valence-corrected chi connectivity index (χ2v) is 6.34. The third kappa shape index (κ3) is 3.60. The third-order valence-corrected chi connectivity index (χ3v) is 4.17. The van der Waals surface area contributed by atoms with Gasteiger partial charge in [-0.05, 0) is 42.0 Å². The predicted octanol–water partition coefficient (Wildman–Crippen LogP) is 3.42. The molecule has 7 heteroatoms. The van der Waals surface area contributed by atoms with Gasteiger partial charge in [0, 0.05) is 19.8 Å². The Balaban J connectivity index is 2.03. The number of nitrogens with one attached hydrogen (secondary N) is 1. The number of nitrogens with zero attached hydrogens (tertiary/aromatic N) is 2. The largest absolute Gasteiger partial charge is 0.478 e. The zero-order chi connectivity index (χ0) is 18.8. The molecular weight excluding hydrogens is 354 g/mol. The van der Waals surface area contributed by atoms with Crippen LogP contribution in [0.2, 0.25) is 0 Å². The highest BCUT2D eigenvalue weighted by atomic mass is 35.5. The molecule has 3 aromatic rings. The van der Waals surface area contributed by atoms with Crippen molar-refractivity contribution in [2.75, 3.05) is 19.0 Å². The van der Waals surface area contributed by atoms with Gasteiger partial charge in [0.25, 0.3) is 5.56 Å². The van der Waals surface area contributed by atoms with Crippen molar-refractivity contribution in [2.24, 2.45) is 0 Å². The average molecular weight is 370 g/mol. The molecule has 0 unspecified atom stereocenters. The van der Waals surface area contributed by atoms with Gasteiger partial charge >= 0.3 is 5.97 Å². The van der Waals surface area contributed by atoms with E-state index < -0.39 is 5.97 Å². The SMILES string of the molecule is CN(C)c1ccc(/C=C(\Cl)c2nc3cc(C(=O)O)ccc3c(=O)[nH]2)cc1. The number of aromatic carboxylic acids is 1. The fraction of sp³-hybridized carbons (Fsp3) is 0.105. The van der Waals surface area contributed by atoms with Gasteiger partial charge in [-0.15, -0.1) is 0 Å². The summed E-state index contributed by atoms with van der Waals surface area (Å²) >= 11 is 6.32. The van der Waals surface area contributed by atoms with Crippen molar-refractivity contribution < 1.29 is 9.90 Å². The van der Waals surface area contributed by atoms with Gasteiger partial charge in [-0.1, -0.05) is 23.7 Å². The molecular formula is C19H16ClN3O3. The Morgan fingerprint density at radius 1 is 1.19 bits per heavy atom. The maximum absolute atomic E-state index is 12.2. The highest BCUT2D eigenvalue weighted by Gasteiger charge is 2.10. The summed E-state index contributed by atoms with van der Waals surface area (Å²) in [5, 5.41) is 9.65. The lowest BCUT2D eigenvalue weighted by Crippen LogP contribution is -2.11. The van der Waals surface area contributed by atoms with Gasteiger partial charge in [-0.3, -0.25) is 4.79 Å². The van der Waals surface area contributed by atoms with Crippen LogP contribution in [0.5, 0.6) is 0 Å². The second kappa shape index (κ2) is 7.01. The molecule has 3 rings (SSSR count). The van der Waals surface area contributed by atoms with Gasteiger partial charge in [0.1, 0.15) is 0 Å². The van der Waals surface area contributed by atoms with E-state index in [-0.39, 0.29) is 27.5 Å². The predicted molar refractivity (Wildman–Crippen MR) is 104 cm³/mol. The summed E-state index contributed by atoms with van der Waals surface area (Å²) in [7, 11) is 3.90. The van der Waals surface area contributed by atoms with Crippen LogP contribution in [0.4, 0.5) is 5.69 Å². The number of aromatic nitrogens is 2. The molecule has 0 atom stereocenters. The number of halogens is 1. The smallest absolute Gasteiger partial charge is 0.335 e. The number of H-pyrrole nitrogens is 1. The number of aromatic amines is 1. The van der Waals surface area contributed by atoms with E-state index in [1.807, 2.05) is 43.3 Å². The van der Waals surface area contributed by atoms with Gasteiger partial charge in [0.2, 0.25) is 0 Å². The fourth-order valence-electron chi connectivity index (χ4n) is 2.47. The summed E-state index contributed by atoms with van der Waals surface area (Å²) in [6, 6.07) is 11.9. The molecule has 0 aliphatic carbocycles. The van der Waals surface area contributed by atoms with Crippen molar-refractivity contribution in [2.45, 2.75) is 0 Å². The van der Waals surface area contributed by atoms with Crippen molar-refractivity contribution >= 4 is 45.3 Å². The maximum atomic E-state index is 12.2. The van der Waals surface area contributed by atoms with Crippen LogP contribution in [-0.2, 0) is 0 Å². The summed E-state index contributed by atoms with van der Waals surface area (Å²) in [5.74, 6) is -0.901. The molecule has 2 aromatic carbocycles. The molecule has 1 aromatic heterocycles. The van der Waals surface area contributed by atoms with Crippen LogP contribution in [-0.4, -0.2) is 35.1 Å². The quantitative estimate of drug-likeness (QED) is 0.735. The summed E-state index contributed by atoms with van der Waals surface area (Å²) in [6.45, 7) is 0. The van der Waals surface area contributed by atoms with Crippen molar-refractivity contribution in [1.29, 1.82) is 0 Å². The van der Waals surface area contributed by atoms with E-state index in [1.165, 1.54) is 18.2 Å². The molecule has 0 spiro atoms. The van der Waals surface area contributed by atoms with Crippen LogP contribution >= 0.6 is 11.6 Å². The van der Waals surface area contributed by atoms with Crippen LogP contribution in [0.3, 0.4) is 0 Å². The summed E-state index contributed by atoms with van der Waals surface area (Å²) < 4.78 is 0. The summed E-state index contributed by atoms with van der Waals surface area (Å²) in [5.41, 5.74) is 1.86. The lowest BCUT2D eigenvalue weighted by molar-refractivity contribution is 0.0697. The fourth-order valence-corrected chi connectivity index (χ4v) is 2.68. The Morgan fingerprint density at radius 2 is 1.88 bits per heavy atom. The number of carboxylic acids is 1. The van der Waals surface area contributed by atoms with Crippen LogP contribution in [0.25, 0.3) is 22.0 Å². The van der Waals surface area contributed by atoms with Gasteiger partial charge in [0.05, 0.1) is 21.5 Å². The summed E-state index contributed by atoms with van der Waals surface area (Å²) in [4.78, 5) is 32.2.